The van der Waals surface area contributed by atoms with E-state index in [1.807, 2.05) is 0 Å². The van der Waals surface area contributed by atoms with Crippen molar-refractivity contribution < 1.29 is 37.3 Å². The number of alkyl halides is 3. The highest BCUT2D eigenvalue weighted by atomic mass is 19.4. The van der Waals surface area contributed by atoms with Crippen LogP contribution in [0.1, 0.15) is 109 Å². The maximum atomic E-state index is 14.1. The van der Waals surface area contributed by atoms with Gasteiger partial charge < -0.3 is 14.6 Å². The zero-order valence-electron chi connectivity index (χ0n) is 21.8. The molecule has 0 unspecified atom stereocenters. The summed E-state index contributed by atoms with van der Waals surface area (Å²) in [7, 11) is 0.792. The molecule has 1 rings (SSSR count). The molecule has 1 aromatic rings. The number of carboxylic acids is 1. The van der Waals surface area contributed by atoms with Gasteiger partial charge in [0.2, 0.25) is 0 Å². The van der Waals surface area contributed by atoms with Gasteiger partial charge >= 0.3 is 18.1 Å². The van der Waals surface area contributed by atoms with Crippen molar-refractivity contribution in [3.63, 3.8) is 0 Å². The largest absolute Gasteiger partial charge is 0.481 e. The number of ether oxygens (including phenoxy) is 2. The minimum Gasteiger partial charge on any atom is -0.481 e. The van der Waals surface area contributed by atoms with E-state index in [-0.39, 0.29) is 6.42 Å². The van der Waals surface area contributed by atoms with Crippen molar-refractivity contribution in [3.05, 3.63) is 35.9 Å². The number of benzene rings is 1. The SMILES string of the molecule is CCCCCCCCCCCCCCC[C@H](CC(=O)O)OC(=O)[C@@](OC)(c1ccccc1)C(F)(F)F. The summed E-state index contributed by atoms with van der Waals surface area (Å²) in [5, 5.41) is 9.19. The number of halogens is 3. The number of rotatable bonds is 20. The second-order valence-electron chi connectivity index (χ2n) is 9.41. The lowest BCUT2D eigenvalue weighted by molar-refractivity contribution is -0.278. The summed E-state index contributed by atoms with van der Waals surface area (Å²) in [6.45, 7) is 2.21. The quantitative estimate of drug-likeness (QED) is 0.141. The molecule has 8 heteroatoms. The standard InChI is InChI=1S/C28H43F3O5/c1-3-4-5-6-7-8-9-10-11-12-13-14-18-21-24(22-25(32)33)36-26(34)27(35-2,28(29,30)31)23-19-16-15-17-20-23/h15-17,19-20,24H,3-14,18,21-22H2,1-2H3,(H,32,33)/t24-,27+/m1/s1. The van der Waals surface area contributed by atoms with Crippen molar-refractivity contribution in [1.82, 2.24) is 0 Å². The van der Waals surface area contributed by atoms with Gasteiger partial charge in [-0.05, 0) is 12.8 Å². The van der Waals surface area contributed by atoms with Crippen LogP contribution in [0.2, 0.25) is 0 Å². The van der Waals surface area contributed by atoms with E-state index in [4.69, 9.17) is 9.47 Å². The first-order valence-corrected chi connectivity index (χ1v) is 13.3. The summed E-state index contributed by atoms with van der Waals surface area (Å²) in [6.07, 6.45) is 8.12. The maximum Gasteiger partial charge on any atom is 0.432 e. The predicted octanol–water partition coefficient (Wildman–Crippen LogP) is 7.96. The molecule has 0 fully saturated rings. The van der Waals surface area contributed by atoms with Crippen LogP contribution in [0.5, 0.6) is 0 Å². The van der Waals surface area contributed by atoms with E-state index < -0.39 is 41.8 Å². The lowest BCUT2D eigenvalue weighted by Crippen LogP contribution is -2.52. The molecule has 0 heterocycles. The number of carbonyl (C=O) groups is 2. The first kappa shape index (κ1) is 31.9. The number of carboxylic acid groups (broad SMARTS) is 1. The number of esters is 1. The van der Waals surface area contributed by atoms with E-state index in [1.165, 1.54) is 69.6 Å². The molecule has 0 bridgehead atoms. The number of carbonyl (C=O) groups excluding carboxylic acids is 1. The molecule has 0 aliphatic rings. The maximum absolute atomic E-state index is 14.1. The lowest BCUT2D eigenvalue weighted by atomic mass is 9.92. The summed E-state index contributed by atoms with van der Waals surface area (Å²) in [6, 6.07) is 6.52. The Morgan fingerprint density at radius 1 is 0.833 bits per heavy atom. The zero-order valence-corrected chi connectivity index (χ0v) is 21.8. The number of unbranched alkanes of at least 4 members (excludes halogenated alkanes) is 12. The van der Waals surface area contributed by atoms with Gasteiger partial charge in [0.05, 0.1) is 6.42 Å². The zero-order chi connectivity index (χ0) is 26.9. The van der Waals surface area contributed by atoms with Crippen LogP contribution in [0.25, 0.3) is 0 Å². The number of hydrogen-bond acceptors (Lipinski definition) is 4. The van der Waals surface area contributed by atoms with Gasteiger partial charge in [-0.2, -0.15) is 13.2 Å². The molecule has 206 valence electrons. The van der Waals surface area contributed by atoms with Gasteiger partial charge in [-0.15, -0.1) is 0 Å². The summed E-state index contributed by atoms with van der Waals surface area (Å²) >= 11 is 0. The number of aliphatic carboxylic acids is 1. The Labute approximate surface area is 213 Å². The lowest BCUT2D eigenvalue weighted by Gasteiger charge is -2.33. The smallest absolute Gasteiger partial charge is 0.432 e. The Kier molecular flexibility index (Phi) is 15.4. The molecule has 0 radical (unpaired) electrons. The Bertz CT molecular complexity index is 738. The second-order valence-corrected chi connectivity index (χ2v) is 9.41. The average molecular weight is 517 g/mol. The molecule has 0 amide bonds. The highest BCUT2D eigenvalue weighted by Crippen LogP contribution is 2.43. The van der Waals surface area contributed by atoms with Crippen LogP contribution < -0.4 is 0 Å². The van der Waals surface area contributed by atoms with Crippen LogP contribution in [0, 0.1) is 0 Å². The third-order valence-electron chi connectivity index (χ3n) is 6.48. The van der Waals surface area contributed by atoms with Crippen molar-refractivity contribution in [1.29, 1.82) is 0 Å². The summed E-state index contributed by atoms with van der Waals surface area (Å²) in [5.74, 6) is -2.89. The second kappa shape index (κ2) is 17.4. The van der Waals surface area contributed by atoms with Crippen LogP contribution >= 0.6 is 0 Å². The normalized spacial score (nSPS) is 14.2. The van der Waals surface area contributed by atoms with Gasteiger partial charge in [-0.1, -0.05) is 114 Å². The summed E-state index contributed by atoms with van der Waals surface area (Å²) in [4.78, 5) is 24.1. The van der Waals surface area contributed by atoms with Crippen molar-refractivity contribution in [2.75, 3.05) is 7.11 Å². The van der Waals surface area contributed by atoms with Crippen molar-refractivity contribution in [2.24, 2.45) is 0 Å². The highest BCUT2D eigenvalue weighted by Gasteiger charge is 2.64. The van der Waals surface area contributed by atoms with Crippen molar-refractivity contribution >= 4 is 11.9 Å². The molecule has 0 spiro atoms. The molecule has 1 N–H and O–H groups in total. The number of hydrogen-bond donors (Lipinski definition) is 1. The topological polar surface area (TPSA) is 72.8 Å². The Morgan fingerprint density at radius 2 is 1.31 bits per heavy atom. The van der Waals surface area contributed by atoms with Crippen LogP contribution in [-0.4, -0.2) is 36.4 Å². The van der Waals surface area contributed by atoms with E-state index >= 15 is 0 Å². The Hall–Kier alpha value is -2.09. The van der Waals surface area contributed by atoms with Crippen molar-refractivity contribution in [3.8, 4) is 0 Å². The Balaban J connectivity index is 2.51. The molecular formula is C28H43F3O5. The van der Waals surface area contributed by atoms with E-state index in [2.05, 4.69) is 6.92 Å². The molecule has 5 nitrogen and oxygen atoms in total. The fraction of sp³-hybridized carbons (Fsp3) is 0.714. The Morgan fingerprint density at radius 3 is 1.72 bits per heavy atom. The van der Waals surface area contributed by atoms with Gasteiger partial charge in [0.15, 0.2) is 0 Å². The number of methoxy groups -OCH3 is 1. The van der Waals surface area contributed by atoms with E-state index in [1.54, 1.807) is 0 Å². The third-order valence-corrected chi connectivity index (χ3v) is 6.48. The summed E-state index contributed by atoms with van der Waals surface area (Å²) < 4.78 is 52.0. The van der Waals surface area contributed by atoms with E-state index in [0.717, 1.165) is 44.9 Å². The van der Waals surface area contributed by atoms with Gasteiger partial charge in [-0.3, -0.25) is 4.79 Å². The van der Waals surface area contributed by atoms with Crippen LogP contribution in [-0.2, 0) is 24.7 Å². The molecule has 0 aliphatic heterocycles. The fourth-order valence-corrected chi connectivity index (χ4v) is 4.41. The van der Waals surface area contributed by atoms with Crippen LogP contribution in [0.15, 0.2) is 30.3 Å². The first-order valence-electron chi connectivity index (χ1n) is 13.3. The molecule has 0 saturated carbocycles. The average Bonchev–Trinajstić information content (AvgIpc) is 2.82. The molecule has 36 heavy (non-hydrogen) atoms. The summed E-state index contributed by atoms with van der Waals surface area (Å²) in [5.41, 5.74) is -3.74. The van der Waals surface area contributed by atoms with E-state index in [9.17, 15) is 27.9 Å². The fourth-order valence-electron chi connectivity index (χ4n) is 4.41. The van der Waals surface area contributed by atoms with Crippen LogP contribution in [0.4, 0.5) is 13.2 Å². The van der Waals surface area contributed by atoms with E-state index in [0.29, 0.717) is 6.42 Å². The van der Waals surface area contributed by atoms with Crippen LogP contribution in [0.3, 0.4) is 0 Å². The molecule has 0 saturated heterocycles. The minimum atomic E-state index is -5.09. The molecular weight excluding hydrogens is 473 g/mol. The monoisotopic (exact) mass is 516 g/mol. The molecule has 0 aromatic heterocycles. The highest BCUT2D eigenvalue weighted by molar-refractivity contribution is 5.83. The predicted molar refractivity (Wildman–Crippen MR) is 134 cm³/mol. The first-order chi connectivity index (χ1) is 17.2. The van der Waals surface area contributed by atoms with Gasteiger partial charge in [0.1, 0.15) is 6.10 Å². The van der Waals surface area contributed by atoms with Gasteiger partial charge in [-0.25, -0.2) is 4.79 Å². The van der Waals surface area contributed by atoms with Crippen molar-refractivity contribution in [2.45, 2.75) is 121 Å². The molecule has 1 aromatic carbocycles. The molecule has 0 aliphatic carbocycles. The van der Waals surface area contributed by atoms with Gasteiger partial charge in [0, 0.05) is 12.7 Å². The van der Waals surface area contributed by atoms with Gasteiger partial charge in [0.25, 0.3) is 5.60 Å². The third kappa shape index (κ3) is 10.9. The molecule has 2 atom stereocenters. The minimum absolute atomic E-state index is 0.183.